The van der Waals surface area contributed by atoms with Gasteiger partial charge in [-0.2, -0.15) is 0 Å². The number of nitrogens with two attached hydrogens (primary N) is 2. The van der Waals surface area contributed by atoms with E-state index in [1.165, 1.54) is 19.3 Å². The third-order valence-electron chi connectivity index (χ3n) is 3.35. The molecule has 72 valence electrons. The van der Waals surface area contributed by atoms with Crippen molar-refractivity contribution in [3.63, 3.8) is 0 Å². The maximum Gasteiger partial charge on any atom is 0.0157 e. The second kappa shape index (κ2) is 3.00. The Bertz CT molecular complexity index is 148. The molecule has 4 N–H and O–H groups in total. The first-order chi connectivity index (χ1) is 5.42. The van der Waals surface area contributed by atoms with E-state index in [2.05, 4.69) is 20.8 Å². The van der Waals surface area contributed by atoms with Gasteiger partial charge in [-0.25, -0.2) is 0 Å². The SMILES string of the molecule is CC(C)(C)C(N)C1(CN)CCC1. The zero-order valence-corrected chi connectivity index (χ0v) is 8.56. The van der Waals surface area contributed by atoms with Gasteiger partial charge in [0.25, 0.3) is 0 Å². The summed E-state index contributed by atoms with van der Waals surface area (Å²) in [7, 11) is 0. The Kier molecular flexibility index (Phi) is 2.50. The molecule has 1 aliphatic rings. The molecule has 1 fully saturated rings. The second-order valence-corrected chi connectivity index (χ2v) is 5.26. The minimum Gasteiger partial charge on any atom is -0.330 e. The van der Waals surface area contributed by atoms with Gasteiger partial charge in [0.1, 0.15) is 0 Å². The van der Waals surface area contributed by atoms with E-state index < -0.39 is 0 Å². The van der Waals surface area contributed by atoms with E-state index in [1.807, 2.05) is 0 Å². The van der Waals surface area contributed by atoms with E-state index in [9.17, 15) is 0 Å². The lowest BCUT2D eigenvalue weighted by Gasteiger charge is -2.50. The molecular formula is C10H22N2. The molecule has 0 aromatic carbocycles. The first-order valence-corrected chi connectivity index (χ1v) is 4.88. The lowest BCUT2D eigenvalue weighted by atomic mass is 9.58. The third-order valence-corrected chi connectivity index (χ3v) is 3.35. The van der Waals surface area contributed by atoms with Crippen molar-refractivity contribution in [3.05, 3.63) is 0 Å². The summed E-state index contributed by atoms with van der Waals surface area (Å²) < 4.78 is 0. The van der Waals surface area contributed by atoms with Crippen molar-refractivity contribution in [2.75, 3.05) is 6.54 Å². The van der Waals surface area contributed by atoms with E-state index in [-0.39, 0.29) is 16.9 Å². The topological polar surface area (TPSA) is 52.0 Å². The van der Waals surface area contributed by atoms with Crippen molar-refractivity contribution in [3.8, 4) is 0 Å². The average molecular weight is 170 g/mol. The maximum atomic E-state index is 6.22. The standard InChI is InChI=1S/C10H22N2/c1-9(2,3)8(12)10(7-11)5-4-6-10/h8H,4-7,11-12H2,1-3H3. The van der Waals surface area contributed by atoms with Gasteiger partial charge in [0.05, 0.1) is 0 Å². The summed E-state index contributed by atoms with van der Waals surface area (Å²) in [6.45, 7) is 7.36. The van der Waals surface area contributed by atoms with E-state index in [0.29, 0.717) is 0 Å². The highest BCUT2D eigenvalue weighted by Gasteiger charge is 2.45. The Balaban J connectivity index is 2.67. The predicted molar refractivity (Wildman–Crippen MR) is 52.8 cm³/mol. The second-order valence-electron chi connectivity index (χ2n) is 5.26. The van der Waals surface area contributed by atoms with Crippen LogP contribution in [0.15, 0.2) is 0 Å². The molecule has 0 aliphatic heterocycles. The zero-order chi connectivity index (χ0) is 9.41. The Morgan fingerprint density at radius 2 is 1.83 bits per heavy atom. The Morgan fingerprint density at radius 3 is 1.92 bits per heavy atom. The lowest BCUT2D eigenvalue weighted by molar-refractivity contribution is 0.0475. The highest BCUT2D eigenvalue weighted by molar-refractivity contribution is 5.01. The molecule has 2 heteroatoms. The molecule has 0 aromatic heterocycles. The van der Waals surface area contributed by atoms with Crippen molar-refractivity contribution >= 4 is 0 Å². The first-order valence-electron chi connectivity index (χ1n) is 4.88. The molecule has 1 aliphatic carbocycles. The molecule has 1 atom stereocenters. The maximum absolute atomic E-state index is 6.22. The summed E-state index contributed by atoms with van der Waals surface area (Å²) in [5, 5.41) is 0. The highest BCUT2D eigenvalue weighted by atomic mass is 14.8. The van der Waals surface area contributed by atoms with Crippen molar-refractivity contribution in [2.45, 2.75) is 46.1 Å². The van der Waals surface area contributed by atoms with Crippen LogP contribution in [0.2, 0.25) is 0 Å². The van der Waals surface area contributed by atoms with Crippen molar-refractivity contribution < 1.29 is 0 Å². The smallest absolute Gasteiger partial charge is 0.0157 e. The Morgan fingerprint density at radius 1 is 1.33 bits per heavy atom. The Hall–Kier alpha value is -0.0800. The van der Waals surface area contributed by atoms with E-state index >= 15 is 0 Å². The molecule has 1 saturated carbocycles. The highest BCUT2D eigenvalue weighted by Crippen LogP contribution is 2.46. The predicted octanol–water partition coefficient (Wildman–Crippen LogP) is 1.49. The van der Waals surface area contributed by atoms with Gasteiger partial charge < -0.3 is 11.5 Å². The van der Waals surface area contributed by atoms with Crippen LogP contribution in [-0.2, 0) is 0 Å². The van der Waals surface area contributed by atoms with Crippen LogP contribution in [-0.4, -0.2) is 12.6 Å². The van der Waals surface area contributed by atoms with Crippen LogP contribution in [0.1, 0.15) is 40.0 Å². The molecular weight excluding hydrogens is 148 g/mol. The van der Waals surface area contributed by atoms with Gasteiger partial charge >= 0.3 is 0 Å². The first kappa shape index (κ1) is 10.0. The van der Waals surface area contributed by atoms with E-state index in [1.54, 1.807) is 0 Å². The summed E-state index contributed by atoms with van der Waals surface area (Å²) in [6.07, 6.45) is 3.75. The van der Waals surface area contributed by atoms with Crippen LogP contribution in [0.4, 0.5) is 0 Å². The van der Waals surface area contributed by atoms with Gasteiger partial charge in [-0.05, 0) is 30.2 Å². The molecule has 2 nitrogen and oxygen atoms in total. The van der Waals surface area contributed by atoms with Gasteiger partial charge in [-0.15, -0.1) is 0 Å². The molecule has 1 unspecified atom stereocenters. The molecule has 0 radical (unpaired) electrons. The van der Waals surface area contributed by atoms with Crippen LogP contribution in [0.5, 0.6) is 0 Å². The minimum atomic E-state index is 0.194. The molecule has 1 rings (SSSR count). The number of rotatable bonds is 2. The fourth-order valence-electron chi connectivity index (χ4n) is 2.19. The molecule has 0 amide bonds. The molecule has 12 heavy (non-hydrogen) atoms. The van der Waals surface area contributed by atoms with E-state index in [4.69, 9.17) is 11.5 Å². The van der Waals surface area contributed by atoms with Gasteiger partial charge in [0, 0.05) is 6.04 Å². The largest absolute Gasteiger partial charge is 0.330 e. The van der Waals surface area contributed by atoms with Crippen LogP contribution in [0.3, 0.4) is 0 Å². The van der Waals surface area contributed by atoms with Crippen LogP contribution in [0.25, 0.3) is 0 Å². The monoisotopic (exact) mass is 170 g/mol. The summed E-state index contributed by atoms with van der Waals surface area (Å²) in [6, 6.07) is 0.253. The zero-order valence-electron chi connectivity index (χ0n) is 8.56. The summed E-state index contributed by atoms with van der Waals surface area (Å²) in [5.41, 5.74) is 12.5. The lowest BCUT2D eigenvalue weighted by Crippen LogP contribution is -2.57. The van der Waals surface area contributed by atoms with Crippen LogP contribution in [0, 0.1) is 10.8 Å². The van der Waals surface area contributed by atoms with Crippen molar-refractivity contribution in [1.82, 2.24) is 0 Å². The van der Waals surface area contributed by atoms with Crippen LogP contribution < -0.4 is 11.5 Å². The summed E-state index contributed by atoms with van der Waals surface area (Å²) in [5.74, 6) is 0. The van der Waals surface area contributed by atoms with Gasteiger partial charge in [-0.3, -0.25) is 0 Å². The van der Waals surface area contributed by atoms with Crippen molar-refractivity contribution in [2.24, 2.45) is 22.3 Å². The molecule has 0 heterocycles. The van der Waals surface area contributed by atoms with Gasteiger partial charge in [0.15, 0.2) is 0 Å². The molecule has 0 bridgehead atoms. The van der Waals surface area contributed by atoms with Crippen LogP contribution >= 0.6 is 0 Å². The average Bonchev–Trinajstić information content (AvgIpc) is 1.84. The molecule has 0 aromatic rings. The summed E-state index contributed by atoms with van der Waals surface area (Å²) in [4.78, 5) is 0. The third kappa shape index (κ3) is 1.50. The minimum absolute atomic E-state index is 0.194. The van der Waals surface area contributed by atoms with Gasteiger partial charge in [-0.1, -0.05) is 27.2 Å². The Labute approximate surface area is 75.7 Å². The number of hydrogen-bond acceptors (Lipinski definition) is 2. The quantitative estimate of drug-likeness (QED) is 0.659. The van der Waals surface area contributed by atoms with Gasteiger partial charge in [0.2, 0.25) is 0 Å². The fraction of sp³-hybridized carbons (Fsp3) is 1.00. The van der Waals surface area contributed by atoms with Crippen molar-refractivity contribution in [1.29, 1.82) is 0 Å². The molecule has 0 spiro atoms. The fourth-order valence-corrected chi connectivity index (χ4v) is 2.19. The number of hydrogen-bond donors (Lipinski definition) is 2. The molecule has 0 saturated heterocycles. The normalized spacial score (nSPS) is 24.8. The van der Waals surface area contributed by atoms with E-state index in [0.717, 1.165) is 6.54 Å². The summed E-state index contributed by atoms with van der Waals surface area (Å²) >= 11 is 0.